The molecule has 2 aliphatic rings. The summed E-state index contributed by atoms with van der Waals surface area (Å²) in [6, 6.07) is 5.24. The van der Waals surface area contributed by atoms with E-state index in [1.54, 1.807) is 6.26 Å². The van der Waals surface area contributed by atoms with Gasteiger partial charge in [-0.25, -0.2) is 9.50 Å². The number of fused-ring (bicyclic) bond motifs is 6. The first-order chi connectivity index (χ1) is 12.0. The van der Waals surface area contributed by atoms with Gasteiger partial charge in [-0.3, -0.25) is 4.90 Å². The first-order valence-electron chi connectivity index (χ1n) is 9.15. The van der Waals surface area contributed by atoms with Gasteiger partial charge in [-0.2, -0.15) is 5.10 Å². The van der Waals surface area contributed by atoms with Crippen molar-refractivity contribution in [3.05, 3.63) is 53.4 Å². The second kappa shape index (κ2) is 5.18. The lowest BCUT2D eigenvalue weighted by molar-refractivity contribution is 0.164. The van der Waals surface area contributed by atoms with Crippen LogP contribution in [0.25, 0.3) is 5.65 Å². The van der Waals surface area contributed by atoms with E-state index < -0.39 is 0 Å². The van der Waals surface area contributed by atoms with Crippen LogP contribution >= 0.6 is 0 Å². The van der Waals surface area contributed by atoms with E-state index in [1.165, 1.54) is 29.7 Å². The molecule has 5 rings (SSSR count). The molecule has 0 amide bonds. The fourth-order valence-electron chi connectivity index (χ4n) is 4.39. The van der Waals surface area contributed by atoms with E-state index in [4.69, 9.17) is 14.5 Å². The average molecular weight is 336 g/mol. The second-order valence-electron chi connectivity index (χ2n) is 8.46. The highest BCUT2D eigenvalue weighted by molar-refractivity contribution is 5.45. The van der Waals surface area contributed by atoms with Gasteiger partial charge in [0.1, 0.15) is 0 Å². The normalized spacial score (nSPS) is 23.3. The van der Waals surface area contributed by atoms with E-state index in [-0.39, 0.29) is 5.41 Å². The van der Waals surface area contributed by atoms with Crippen molar-refractivity contribution in [1.82, 2.24) is 19.5 Å². The van der Waals surface area contributed by atoms with E-state index >= 15 is 0 Å². The van der Waals surface area contributed by atoms with Gasteiger partial charge < -0.3 is 4.42 Å². The number of hydrogen-bond acceptors (Lipinski definition) is 4. The highest BCUT2D eigenvalue weighted by Crippen LogP contribution is 2.44. The molecule has 0 aromatic carbocycles. The van der Waals surface area contributed by atoms with Gasteiger partial charge in [0.15, 0.2) is 5.65 Å². The summed E-state index contributed by atoms with van der Waals surface area (Å²) in [5.41, 5.74) is 6.10. The molecule has 0 radical (unpaired) electrons. The van der Waals surface area contributed by atoms with Crippen molar-refractivity contribution in [2.45, 2.75) is 64.1 Å². The van der Waals surface area contributed by atoms with Crippen LogP contribution in [0.5, 0.6) is 0 Å². The number of rotatable bonds is 2. The highest BCUT2D eigenvalue weighted by atomic mass is 16.3. The van der Waals surface area contributed by atoms with Gasteiger partial charge in [-0.15, -0.1) is 0 Å². The van der Waals surface area contributed by atoms with Crippen molar-refractivity contribution in [3.63, 3.8) is 0 Å². The Morgan fingerprint density at radius 3 is 2.92 bits per heavy atom. The van der Waals surface area contributed by atoms with Crippen LogP contribution in [0.15, 0.2) is 35.3 Å². The second-order valence-corrected chi connectivity index (χ2v) is 8.46. The van der Waals surface area contributed by atoms with Crippen molar-refractivity contribution in [1.29, 1.82) is 0 Å². The molecule has 0 N–H and O–H groups in total. The predicted octanol–water partition coefficient (Wildman–Crippen LogP) is 3.88. The van der Waals surface area contributed by atoms with Gasteiger partial charge in [-0.05, 0) is 18.9 Å². The Labute approximate surface area is 147 Å². The summed E-state index contributed by atoms with van der Waals surface area (Å²) in [6.45, 7) is 7.57. The molecule has 0 aliphatic carbocycles. The third-order valence-corrected chi connectivity index (χ3v) is 5.76. The smallest absolute Gasteiger partial charge is 0.155 e. The first kappa shape index (κ1) is 15.1. The lowest BCUT2D eigenvalue weighted by Gasteiger charge is -2.35. The zero-order valence-electron chi connectivity index (χ0n) is 15.1. The molecule has 2 bridgehead atoms. The molecule has 25 heavy (non-hydrogen) atoms. The summed E-state index contributed by atoms with van der Waals surface area (Å²) < 4.78 is 7.36. The topological polar surface area (TPSA) is 46.6 Å². The molecule has 1 fully saturated rings. The Hall–Kier alpha value is -2.14. The lowest BCUT2D eigenvalue weighted by atomic mass is 9.93. The molecule has 2 atom stereocenters. The SMILES string of the molecule is CC(C)(C)c1cc2ncc3c(n2n1)C[C@@H]1CC[C@@H]3N1Cc1ccoc1. The van der Waals surface area contributed by atoms with Gasteiger partial charge in [0.2, 0.25) is 0 Å². The van der Waals surface area contributed by atoms with Crippen molar-refractivity contribution >= 4 is 5.65 Å². The molecule has 1 saturated heterocycles. The molecule has 0 saturated carbocycles. The predicted molar refractivity (Wildman–Crippen MR) is 95.4 cm³/mol. The van der Waals surface area contributed by atoms with Gasteiger partial charge in [0.05, 0.1) is 23.9 Å². The third-order valence-electron chi connectivity index (χ3n) is 5.76. The maximum atomic E-state index is 5.26. The van der Waals surface area contributed by atoms with E-state index in [0.29, 0.717) is 12.1 Å². The van der Waals surface area contributed by atoms with Crippen molar-refractivity contribution in [2.75, 3.05) is 0 Å². The van der Waals surface area contributed by atoms with Crippen LogP contribution in [0.2, 0.25) is 0 Å². The largest absolute Gasteiger partial charge is 0.472 e. The maximum absolute atomic E-state index is 5.26. The summed E-state index contributed by atoms with van der Waals surface area (Å²) in [6.07, 6.45) is 9.21. The van der Waals surface area contributed by atoms with E-state index in [1.807, 2.05) is 6.26 Å². The maximum Gasteiger partial charge on any atom is 0.155 e. The zero-order chi connectivity index (χ0) is 17.2. The third kappa shape index (κ3) is 2.33. The van der Waals surface area contributed by atoms with E-state index in [0.717, 1.165) is 24.3 Å². The van der Waals surface area contributed by atoms with Crippen LogP contribution < -0.4 is 0 Å². The summed E-state index contributed by atoms with van der Waals surface area (Å²) >= 11 is 0. The Morgan fingerprint density at radius 2 is 2.16 bits per heavy atom. The van der Waals surface area contributed by atoms with E-state index in [9.17, 15) is 0 Å². The van der Waals surface area contributed by atoms with Crippen molar-refractivity contribution in [3.8, 4) is 0 Å². The van der Waals surface area contributed by atoms with Crippen LogP contribution in [0.3, 0.4) is 0 Å². The fraction of sp³-hybridized carbons (Fsp3) is 0.500. The molecule has 5 heteroatoms. The monoisotopic (exact) mass is 336 g/mol. The zero-order valence-corrected chi connectivity index (χ0v) is 15.1. The van der Waals surface area contributed by atoms with Crippen LogP contribution in [0, 0.1) is 0 Å². The molecule has 130 valence electrons. The summed E-state index contributed by atoms with van der Waals surface area (Å²) in [5.74, 6) is 0. The molecular weight excluding hydrogens is 312 g/mol. The summed E-state index contributed by atoms with van der Waals surface area (Å²) in [7, 11) is 0. The minimum atomic E-state index is 0.0432. The van der Waals surface area contributed by atoms with Crippen LogP contribution in [0.1, 0.15) is 62.2 Å². The Kier molecular flexibility index (Phi) is 3.14. The van der Waals surface area contributed by atoms with Crippen LogP contribution in [0.4, 0.5) is 0 Å². The number of aromatic nitrogens is 3. The summed E-state index contributed by atoms with van der Waals surface area (Å²) in [5, 5.41) is 4.92. The summed E-state index contributed by atoms with van der Waals surface area (Å²) in [4.78, 5) is 7.35. The highest BCUT2D eigenvalue weighted by Gasteiger charge is 2.41. The van der Waals surface area contributed by atoms with Crippen molar-refractivity contribution in [2.24, 2.45) is 0 Å². The van der Waals surface area contributed by atoms with Crippen LogP contribution in [-0.4, -0.2) is 25.5 Å². The molecule has 2 aliphatic heterocycles. The van der Waals surface area contributed by atoms with Gasteiger partial charge >= 0.3 is 0 Å². The standard InChI is InChI=1S/C20H24N4O/c1-20(2,3)18-9-19-21-10-15-16-5-4-14(8-17(15)24(19)22-18)23(16)11-13-6-7-25-12-13/h6-7,9-10,12,14,16H,4-5,8,11H2,1-3H3/t14-,16-/m0/s1. The molecule has 3 aromatic heterocycles. The number of nitrogens with zero attached hydrogens (tertiary/aromatic N) is 4. The van der Waals surface area contributed by atoms with E-state index in [2.05, 4.69) is 48.5 Å². The van der Waals surface area contributed by atoms with Crippen LogP contribution in [-0.2, 0) is 18.4 Å². The lowest BCUT2D eigenvalue weighted by Crippen LogP contribution is -2.38. The molecule has 3 aromatic rings. The minimum Gasteiger partial charge on any atom is -0.472 e. The Bertz CT molecular complexity index is 919. The molecular formula is C20H24N4O. The molecule has 0 unspecified atom stereocenters. The number of hydrogen-bond donors (Lipinski definition) is 0. The Morgan fingerprint density at radius 1 is 1.28 bits per heavy atom. The minimum absolute atomic E-state index is 0.0432. The van der Waals surface area contributed by atoms with Gasteiger partial charge in [0.25, 0.3) is 0 Å². The molecule has 5 nitrogen and oxygen atoms in total. The first-order valence-corrected chi connectivity index (χ1v) is 9.15. The van der Waals surface area contributed by atoms with Gasteiger partial charge in [0, 0.05) is 53.9 Å². The number of furan rings is 1. The quantitative estimate of drug-likeness (QED) is 0.712. The Balaban J connectivity index is 1.57. The van der Waals surface area contributed by atoms with Gasteiger partial charge in [-0.1, -0.05) is 20.8 Å². The molecule has 0 spiro atoms. The molecule has 5 heterocycles. The van der Waals surface area contributed by atoms with Crippen molar-refractivity contribution < 1.29 is 4.42 Å². The average Bonchev–Trinajstić information content (AvgIpc) is 3.27. The fourth-order valence-corrected chi connectivity index (χ4v) is 4.39.